The number of nitrogens with one attached hydrogen (secondary N) is 1. The molecule has 0 aromatic heterocycles. The zero-order chi connectivity index (χ0) is 18.9. The highest BCUT2D eigenvalue weighted by molar-refractivity contribution is 6.04. The third-order valence-electron chi connectivity index (χ3n) is 4.88. The van der Waals surface area contributed by atoms with Gasteiger partial charge in [0.15, 0.2) is 23.0 Å². The molecule has 1 aliphatic heterocycles. The minimum Gasteiger partial charge on any atom is -0.493 e. The molecule has 2 aliphatic rings. The van der Waals surface area contributed by atoms with E-state index in [1.165, 1.54) is 0 Å². The number of benzene rings is 2. The van der Waals surface area contributed by atoms with E-state index in [-0.39, 0.29) is 5.91 Å². The van der Waals surface area contributed by atoms with Gasteiger partial charge in [0, 0.05) is 30.2 Å². The summed E-state index contributed by atoms with van der Waals surface area (Å²) in [7, 11) is 1.55. The minimum absolute atomic E-state index is 0.231. The van der Waals surface area contributed by atoms with Crippen molar-refractivity contribution in [3.63, 3.8) is 0 Å². The van der Waals surface area contributed by atoms with Gasteiger partial charge in [-0.05, 0) is 50.1 Å². The normalized spacial score (nSPS) is 16.4. The summed E-state index contributed by atoms with van der Waals surface area (Å²) in [4.78, 5) is 12.6. The second kappa shape index (κ2) is 7.02. The molecular formula is C21H23NO5. The second-order valence-electron chi connectivity index (χ2n) is 6.74. The van der Waals surface area contributed by atoms with Gasteiger partial charge in [0.2, 0.25) is 0 Å². The maximum atomic E-state index is 12.6. The van der Waals surface area contributed by atoms with E-state index < -0.39 is 5.79 Å². The Hall–Kier alpha value is -2.89. The van der Waals surface area contributed by atoms with Crippen molar-refractivity contribution < 1.29 is 23.7 Å². The van der Waals surface area contributed by atoms with E-state index in [9.17, 15) is 4.79 Å². The van der Waals surface area contributed by atoms with Crippen LogP contribution in [0.4, 0.5) is 5.69 Å². The Balaban J connectivity index is 1.49. The summed E-state index contributed by atoms with van der Waals surface area (Å²) in [5.41, 5.74) is 1.14. The molecule has 6 heteroatoms. The Kier molecular flexibility index (Phi) is 4.56. The molecular weight excluding hydrogens is 346 g/mol. The van der Waals surface area contributed by atoms with Crippen molar-refractivity contribution in [2.24, 2.45) is 0 Å². The topological polar surface area (TPSA) is 66.0 Å². The number of carbonyl (C=O) groups excluding carboxylic acids is 1. The zero-order valence-electron chi connectivity index (χ0n) is 15.5. The molecule has 2 aromatic carbocycles. The summed E-state index contributed by atoms with van der Waals surface area (Å²) in [6.45, 7) is 2.43. The summed E-state index contributed by atoms with van der Waals surface area (Å²) in [5.74, 6) is 1.82. The molecule has 1 amide bonds. The maximum absolute atomic E-state index is 12.6. The number of ether oxygens (including phenoxy) is 4. The fourth-order valence-electron chi connectivity index (χ4n) is 3.58. The van der Waals surface area contributed by atoms with Crippen molar-refractivity contribution in [1.82, 2.24) is 0 Å². The molecule has 1 spiro atoms. The Morgan fingerprint density at radius 1 is 1.07 bits per heavy atom. The van der Waals surface area contributed by atoms with Crippen LogP contribution in [0.15, 0.2) is 36.4 Å². The zero-order valence-corrected chi connectivity index (χ0v) is 15.5. The van der Waals surface area contributed by atoms with E-state index in [4.69, 9.17) is 18.9 Å². The van der Waals surface area contributed by atoms with E-state index in [0.717, 1.165) is 31.4 Å². The lowest BCUT2D eigenvalue weighted by molar-refractivity contribution is -0.0716. The van der Waals surface area contributed by atoms with E-state index >= 15 is 0 Å². The van der Waals surface area contributed by atoms with Crippen molar-refractivity contribution in [2.45, 2.75) is 38.4 Å². The molecule has 1 heterocycles. The van der Waals surface area contributed by atoms with Gasteiger partial charge < -0.3 is 24.3 Å². The number of fused-ring (bicyclic) bond motifs is 1. The average Bonchev–Trinajstić information content (AvgIpc) is 3.27. The molecule has 0 atom stereocenters. The van der Waals surface area contributed by atoms with Crippen LogP contribution in [0.1, 0.15) is 43.0 Å². The minimum atomic E-state index is -0.507. The molecule has 0 bridgehead atoms. The molecule has 0 unspecified atom stereocenters. The lowest BCUT2D eigenvalue weighted by atomic mass is 10.1. The van der Waals surface area contributed by atoms with Gasteiger partial charge in [-0.25, -0.2) is 0 Å². The number of methoxy groups -OCH3 is 1. The van der Waals surface area contributed by atoms with Gasteiger partial charge in [0.25, 0.3) is 11.7 Å². The third-order valence-corrected chi connectivity index (χ3v) is 4.88. The first-order valence-corrected chi connectivity index (χ1v) is 9.27. The van der Waals surface area contributed by atoms with Crippen LogP contribution in [0.2, 0.25) is 0 Å². The first-order valence-electron chi connectivity index (χ1n) is 9.27. The molecule has 27 heavy (non-hydrogen) atoms. The number of rotatable bonds is 5. The number of anilines is 1. The number of hydrogen-bond acceptors (Lipinski definition) is 5. The molecule has 1 N–H and O–H groups in total. The van der Waals surface area contributed by atoms with Gasteiger partial charge in [0.05, 0.1) is 13.7 Å². The van der Waals surface area contributed by atoms with Crippen molar-refractivity contribution in [2.75, 3.05) is 19.0 Å². The predicted molar refractivity (Wildman–Crippen MR) is 101 cm³/mol. The Morgan fingerprint density at radius 3 is 2.59 bits per heavy atom. The van der Waals surface area contributed by atoms with Gasteiger partial charge in [-0.15, -0.1) is 0 Å². The number of hydrogen-bond donors (Lipinski definition) is 1. The van der Waals surface area contributed by atoms with E-state index in [1.807, 2.05) is 25.1 Å². The summed E-state index contributed by atoms with van der Waals surface area (Å²) in [6.07, 6.45) is 4.01. The van der Waals surface area contributed by atoms with Crippen molar-refractivity contribution >= 4 is 11.6 Å². The Labute approximate surface area is 158 Å². The molecule has 1 saturated carbocycles. The van der Waals surface area contributed by atoms with Gasteiger partial charge in [-0.2, -0.15) is 0 Å². The summed E-state index contributed by atoms with van der Waals surface area (Å²) in [5, 5.41) is 2.90. The van der Waals surface area contributed by atoms with Crippen LogP contribution < -0.4 is 24.3 Å². The predicted octanol–water partition coefficient (Wildman–Crippen LogP) is 4.39. The van der Waals surface area contributed by atoms with Crippen molar-refractivity contribution in [3.05, 3.63) is 42.0 Å². The lowest BCUT2D eigenvalue weighted by Gasteiger charge is -2.21. The van der Waals surface area contributed by atoms with E-state index in [2.05, 4.69) is 5.32 Å². The quantitative estimate of drug-likeness (QED) is 0.847. The highest BCUT2D eigenvalue weighted by Crippen LogP contribution is 2.47. The Bertz CT molecular complexity index is 858. The van der Waals surface area contributed by atoms with Gasteiger partial charge in [-0.1, -0.05) is 0 Å². The first-order chi connectivity index (χ1) is 13.1. The van der Waals surface area contributed by atoms with Crippen LogP contribution in [0.25, 0.3) is 0 Å². The molecule has 2 aromatic rings. The summed E-state index contributed by atoms with van der Waals surface area (Å²) >= 11 is 0. The molecule has 0 radical (unpaired) electrons. The van der Waals surface area contributed by atoms with Crippen LogP contribution in [0.3, 0.4) is 0 Å². The van der Waals surface area contributed by atoms with Gasteiger partial charge in [-0.3, -0.25) is 4.79 Å². The molecule has 1 aliphatic carbocycles. The fourth-order valence-corrected chi connectivity index (χ4v) is 3.58. The van der Waals surface area contributed by atoms with Crippen molar-refractivity contribution in [1.29, 1.82) is 0 Å². The SMILES string of the molecule is CCOc1ccc(C(=O)Nc2ccc3c(c2)OC2(CCCC2)O3)cc1OC. The summed E-state index contributed by atoms with van der Waals surface area (Å²) < 4.78 is 22.9. The highest BCUT2D eigenvalue weighted by Gasteiger charge is 2.44. The molecule has 142 valence electrons. The van der Waals surface area contributed by atoms with Crippen LogP contribution >= 0.6 is 0 Å². The molecule has 1 fully saturated rings. The maximum Gasteiger partial charge on any atom is 0.255 e. The first kappa shape index (κ1) is 17.5. The molecule has 0 saturated heterocycles. The second-order valence-corrected chi connectivity index (χ2v) is 6.74. The van der Waals surface area contributed by atoms with Crippen LogP contribution in [0.5, 0.6) is 23.0 Å². The van der Waals surface area contributed by atoms with E-state index in [1.54, 1.807) is 25.3 Å². The van der Waals surface area contributed by atoms with Crippen LogP contribution in [-0.4, -0.2) is 25.4 Å². The largest absolute Gasteiger partial charge is 0.493 e. The van der Waals surface area contributed by atoms with Crippen LogP contribution in [0, 0.1) is 0 Å². The molecule has 6 nitrogen and oxygen atoms in total. The number of carbonyl (C=O) groups is 1. The average molecular weight is 369 g/mol. The number of amides is 1. The van der Waals surface area contributed by atoms with Crippen molar-refractivity contribution in [3.8, 4) is 23.0 Å². The Morgan fingerprint density at radius 2 is 1.85 bits per heavy atom. The smallest absolute Gasteiger partial charge is 0.255 e. The van der Waals surface area contributed by atoms with Crippen LogP contribution in [-0.2, 0) is 0 Å². The lowest BCUT2D eigenvalue weighted by Crippen LogP contribution is -2.34. The van der Waals surface area contributed by atoms with E-state index in [0.29, 0.717) is 35.1 Å². The fraction of sp³-hybridized carbons (Fsp3) is 0.381. The van der Waals surface area contributed by atoms with Gasteiger partial charge >= 0.3 is 0 Å². The molecule has 4 rings (SSSR count). The monoisotopic (exact) mass is 369 g/mol. The third kappa shape index (κ3) is 3.39. The summed E-state index contributed by atoms with van der Waals surface area (Å²) in [6, 6.07) is 10.6. The van der Waals surface area contributed by atoms with Gasteiger partial charge in [0.1, 0.15) is 0 Å². The highest BCUT2D eigenvalue weighted by atomic mass is 16.7. The standard InChI is InChI=1S/C21H23NO5/c1-3-25-16-8-6-14(12-18(16)24-2)20(23)22-15-7-9-17-19(13-15)27-21(26-17)10-4-5-11-21/h6-9,12-13H,3-5,10-11H2,1-2H3,(H,22,23).